The minimum Gasteiger partial charge on any atom is -0.504 e. The summed E-state index contributed by atoms with van der Waals surface area (Å²) in [5.74, 6) is 1.58. The number of hydrazone groups is 1. The van der Waals surface area contributed by atoms with E-state index in [9.17, 15) is 5.11 Å². The van der Waals surface area contributed by atoms with Gasteiger partial charge in [-0.2, -0.15) is 20.1 Å². The molecule has 0 aliphatic carbocycles. The van der Waals surface area contributed by atoms with E-state index >= 15 is 0 Å². The molecule has 1 aromatic carbocycles. The third kappa shape index (κ3) is 4.45. The molecule has 128 valence electrons. The van der Waals surface area contributed by atoms with Gasteiger partial charge < -0.3 is 20.5 Å². The quantitative estimate of drug-likeness (QED) is 0.428. The van der Waals surface area contributed by atoms with Crippen molar-refractivity contribution in [3.05, 3.63) is 23.8 Å². The van der Waals surface area contributed by atoms with Crippen LogP contribution in [-0.4, -0.2) is 46.5 Å². The largest absolute Gasteiger partial charge is 0.504 e. The van der Waals surface area contributed by atoms with Crippen molar-refractivity contribution in [1.82, 2.24) is 15.0 Å². The fourth-order valence-electron chi connectivity index (χ4n) is 1.87. The van der Waals surface area contributed by atoms with Crippen molar-refractivity contribution in [2.45, 2.75) is 13.8 Å². The van der Waals surface area contributed by atoms with Gasteiger partial charge in [0.2, 0.25) is 17.8 Å². The molecule has 24 heavy (non-hydrogen) atoms. The molecule has 1 aromatic heterocycles. The Morgan fingerprint density at radius 3 is 2.29 bits per heavy atom. The number of phenols is 1. The lowest BCUT2D eigenvalue weighted by molar-refractivity contribution is 0.373. The van der Waals surface area contributed by atoms with E-state index in [1.807, 2.05) is 13.8 Å². The number of hydrogen-bond donors (Lipinski definition) is 4. The molecule has 0 atom stereocenters. The number of anilines is 3. The van der Waals surface area contributed by atoms with E-state index in [1.54, 1.807) is 18.2 Å². The lowest BCUT2D eigenvalue weighted by atomic mass is 10.2. The molecule has 4 N–H and O–H groups in total. The molecule has 1 heterocycles. The Bertz CT molecular complexity index is 682. The maximum absolute atomic E-state index is 10.0. The summed E-state index contributed by atoms with van der Waals surface area (Å²) in [6.45, 7) is 5.28. The standard InChI is InChI=1S/C15H21N7O2/c1-4-16-13-19-14(17-5-2)21-15(20-13)22-18-9-10-7-6-8-11(24-3)12(10)23/h6-9,23H,4-5H2,1-3H3,(H3,16,17,19,20,21,22). The van der Waals surface area contributed by atoms with Gasteiger partial charge in [-0.05, 0) is 26.0 Å². The number of methoxy groups -OCH3 is 1. The number of para-hydroxylation sites is 1. The predicted octanol–water partition coefficient (Wildman–Crippen LogP) is 1.90. The molecule has 9 nitrogen and oxygen atoms in total. The van der Waals surface area contributed by atoms with Gasteiger partial charge in [0.1, 0.15) is 0 Å². The van der Waals surface area contributed by atoms with Gasteiger partial charge in [-0.3, -0.25) is 0 Å². The van der Waals surface area contributed by atoms with Crippen molar-refractivity contribution in [2.24, 2.45) is 5.10 Å². The average Bonchev–Trinajstić information content (AvgIpc) is 2.57. The van der Waals surface area contributed by atoms with Gasteiger partial charge in [0, 0.05) is 18.7 Å². The molecule has 0 fully saturated rings. The van der Waals surface area contributed by atoms with Crippen LogP contribution < -0.4 is 20.8 Å². The third-order valence-corrected chi connectivity index (χ3v) is 2.92. The Hall–Kier alpha value is -3.10. The molecule has 9 heteroatoms. The van der Waals surface area contributed by atoms with E-state index in [2.05, 4.69) is 36.1 Å². The van der Waals surface area contributed by atoms with Crippen molar-refractivity contribution in [3.63, 3.8) is 0 Å². The summed E-state index contributed by atoms with van der Waals surface area (Å²) in [7, 11) is 1.49. The molecule has 2 aromatic rings. The molecule has 0 saturated heterocycles. The molecular weight excluding hydrogens is 310 g/mol. The van der Waals surface area contributed by atoms with Crippen molar-refractivity contribution in [3.8, 4) is 11.5 Å². The summed E-state index contributed by atoms with van der Waals surface area (Å²) < 4.78 is 5.05. The summed E-state index contributed by atoms with van der Waals surface area (Å²) in [6, 6.07) is 5.14. The summed E-state index contributed by atoms with van der Waals surface area (Å²) in [6.07, 6.45) is 1.46. The van der Waals surface area contributed by atoms with Gasteiger partial charge in [-0.15, -0.1) is 0 Å². The van der Waals surface area contributed by atoms with Gasteiger partial charge in [-0.25, -0.2) is 5.43 Å². The Labute approximate surface area is 140 Å². The predicted molar refractivity (Wildman–Crippen MR) is 94.0 cm³/mol. The number of rotatable bonds is 8. The summed E-state index contributed by atoms with van der Waals surface area (Å²) in [5.41, 5.74) is 3.24. The van der Waals surface area contributed by atoms with Gasteiger partial charge in [0.15, 0.2) is 11.5 Å². The first-order chi connectivity index (χ1) is 11.7. The first-order valence-electron chi connectivity index (χ1n) is 7.56. The van der Waals surface area contributed by atoms with E-state index in [-0.39, 0.29) is 11.7 Å². The van der Waals surface area contributed by atoms with Crippen LogP contribution in [0.4, 0.5) is 17.8 Å². The average molecular weight is 331 g/mol. The number of nitrogens with one attached hydrogen (secondary N) is 3. The molecule has 0 aliphatic heterocycles. The highest BCUT2D eigenvalue weighted by atomic mass is 16.5. The van der Waals surface area contributed by atoms with E-state index in [4.69, 9.17) is 4.74 Å². The second-order valence-electron chi connectivity index (χ2n) is 4.63. The maximum atomic E-state index is 10.0. The second kappa shape index (κ2) is 8.51. The van der Waals surface area contributed by atoms with Crippen LogP contribution in [0.5, 0.6) is 11.5 Å². The second-order valence-corrected chi connectivity index (χ2v) is 4.63. The topological polar surface area (TPSA) is 117 Å². The van der Waals surface area contributed by atoms with Crippen LogP contribution in [-0.2, 0) is 0 Å². The fraction of sp³-hybridized carbons (Fsp3) is 0.333. The lowest BCUT2D eigenvalue weighted by Gasteiger charge is -2.08. The molecule has 0 unspecified atom stereocenters. The van der Waals surface area contributed by atoms with Gasteiger partial charge in [0.05, 0.1) is 13.3 Å². The normalized spacial score (nSPS) is 10.6. The summed E-state index contributed by atoms with van der Waals surface area (Å²) in [4.78, 5) is 12.6. The summed E-state index contributed by atoms with van der Waals surface area (Å²) in [5, 5.41) is 20.1. The van der Waals surface area contributed by atoms with Gasteiger partial charge in [0.25, 0.3) is 0 Å². The number of aromatic hydroxyl groups is 1. The van der Waals surface area contributed by atoms with E-state index in [0.29, 0.717) is 36.3 Å². The molecule has 2 rings (SSSR count). The maximum Gasteiger partial charge on any atom is 0.250 e. The molecule has 0 aliphatic rings. The van der Waals surface area contributed by atoms with Crippen LogP contribution in [0.1, 0.15) is 19.4 Å². The molecule has 0 spiro atoms. The Balaban J connectivity index is 2.16. The first kappa shape index (κ1) is 17.3. The zero-order chi connectivity index (χ0) is 17.4. The van der Waals surface area contributed by atoms with Crippen molar-refractivity contribution in [2.75, 3.05) is 36.3 Å². The smallest absolute Gasteiger partial charge is 0.250 e. The number of aromatic nitrogens is 3. The van der Waals surface area contributed by atoms with E-state index < -0.39 is 0 Å². The molecule has 0 bridgehead atoms. The third-order valence-electron chi connectivity index (χ3n) is 2.92. The monoisotopic (exact) mass is 331 g/mol. The molecular formula is C15H21N7O2. The molecule has 0 radical (unpaired) electrons. The van der Waals surface area contributed by atoms with Crippen molar-refractivity contribution >= 4 is 24.1 Å². The Morgan fingerprint density at radius 1 is 1.08 bits per heavy atom. The number of ether oxygens (including phenoxy) is 1. The van der Waals surface area contributed by atoms with Gasteiger partial charge >= 0.3 is 0 Å². The lowest BCUT2D eigenvalue weighted by Crippen LogP contribution is -2.10. The highest BCUT2D eigenvalue weighted by Gasteiger charge is 2.06. The van der Waals surface area contributed by atoms with Crippen LogP contribution in [0.15, 0.2) is 23.3 Å². The minimum atomic E-state index is 0.0166. The SMILES string of the molecule is CCNc1nc(NCC)nc(NN=Cc2cccc(OC)c2O)n1. The first-order valence-corrected chi connectivity index (χ1v) is 7.56. The number of hydrogen-bond acceptors (Lipinski definition) is 9. The number of benzene rings is 1. The summed E-state index contributed by atoms with van der Waals surface area (Å²) >= 11 is 0. The highest BCUT2D eigenvalue weighted by molar-refractivity contribution is 5.85. The zero-order valence-corrected chi connectivity index (χ0v) is 13.9. The van der Waals surface area contributed by atoms with Crippen molar-refractivity contribution in [1.29, 1.82) is 0 Å². The zero-order valence-electron chi connectivity index (χ0n) is 13.9. The van der Waals surface area contributed by atoms with Crippen molar-refractivity contribution < 1.29 is 9.84 Å². The number of nitrogens with zero attached hydrogens (tertiary/aromatic N) is 4. The van der Waals surface area contributed by atoms with E-state index in [1.165, 1.54) is 13.3 Å². The highest BCUT2D eigenvalue weighted by Crippen LogP contribution is 2.27. The van der Waals surface area contributed by atoms with E-state index in [0.717, 1.165) is 0 Å². The molecule has 0 amide bonds. The van der Waals surface area contributed by atoms with Crippen LogP contribution >= 0.6 is 0 Å². The van der Waals surface area contributed by atoms with Crippen LogP contribution in [0.25, 0.3) is 0 Å². The van der Waals surface area contributed by atoms with Crippen LogP contribution in [0.2, 0.25) is 0 Å². The van der Waals surface area contributed by atoms with Crippen LogP contribution in [0, 0.1) is 0 Å². The molecule has 0 saturated carbocycles. The van der Waals surface area contributed by atoms with Crippen LogP contribution in [0.3, 0.4) is 0 Å². The van der Waals surface area contributed by atoms with Gasteiger partial charge in [-0.1, -0.05) is 6.07 Å². The Morgan fingerprint density at radius 2 is 1.71 bits per heavy atom. The Kier molecular flexibility index (Phi) is 6.12. The fourth-order valence-corrected chi connectivity index (χ4v) is 1.87. The number of phenolic OH excluding ortho intramolecular Hbond substituents is 1. The minimum absolute atomic E-state index is 0.0166.